The Bertz CT molecular complexity index is 787. The molecule has 0 spiro atoms. The fraction of sp³-hybridized carbons (Fsp3) is 0.263. The smallest absolute Gasteiger partial charge is 0.338 e. The first-order chi connectivity index (χ1) is 12.7. The monoisotopic (exact) mass is 357 g/mol. The largest absolute Gasteiger partial charge is 0.494 e. The van der Waals surface area contributed by atoms with Gasteiger partial charge in [-0.1, -0.05) is 6.92 Å². The highest BCUT2D eigenvalue weighted by Gasteiger charge is 2.15. The van der Waals surface area contributed by atoms with E-state index >= 15 is 0 Å². The second kappa shape index (κ2) is 8.24. The molecule has 0 fully saturated rings. The molecule has 1 heterocycles. The van der Waals surface area contributed by atoms with Crippen molar-refractivity contribution in [2.75, 3.05) is 25.3 Å². The molecule has 1 amide bonds. The summed E-state index contributed by atoms with van der Waals surface area (Å²) < 4.78 is 20.9. The van der Waals surface area contributed by atoms with Crippen LogP contribution in [-0.2, 0) is 9.53 Å². The van der Waals surface area contributed by atoms with Crippen molar-refractivity contribution in [2.24, 2.45) is 0 Å². The quantitative estimate of drug-likeness (QED) is 0.767. The van der Waals surface area contributed by atoms with Gasteiger partial charge in [0.15, 0.2) is 18.1 Å². The van der Waals surface area contributed by atoms with Crippen molar-refractivity contribution < 1.29 is 28.5 Å². The van der Waals surface area contributed by atoms with E-state index in [4.69, 9.17) is 18.9 Å². The first kappa shape index (κ1) is 17.6. The van der Waals surface area contributed by atoms with Crippen LogP contribution >= 0.6 is 0 Å². The second-order valence-corrected chi connectivity index (χ2v) is 5.57. The molecule has 7 nitrogen and oxygen atoms in total. The molecule has 7 heteroatoms. The van der Waals surface area contributed by atoms with Gasteiger partial charge < -0.3 is 24.3 Å². The van der Waals surface area contributed by atoms with Crippen LogP contribution in [0.4, 0.5) is 5.69 Å². The second-order valence-electron chi connectivity index (χ2n) is 5.57. The summed E-state index contributed by atoms with van der Waals surface area (Å²) in [5, 5.41) is 2.64. The van der Waals surface area contributed by atoms with E-state index in [9.17, 15) is 9.59 Å². The van der Waals surface area contributed by atoms with E-state index in [2.05, 4.69) is 5.32 Å². The third-order valence-corrected chi connectivity index (χ3v) is 3.55. The maximum atomic E-state index is 12.0. The summed E-state index contributed by atoms with van der Waals surface area (Å²) in [6.07, 6.45) is 0.905. The van der Waals surface area contributed by atoms with Gasteiger partial charge in [-0.25, -0.2) is 4.79 Å². The van der Waals surface area contributed by atoms with Crippen LogP contribution in [0, 0.1) is 0 Å². The number of esters is 1. The molecular formula is C19H19NO6. The van der Waals surface area contributed by atoms with Crippen LogP contribution in [0.5, 0.6) is 17.2 Å². The van der Waals surface area contributed by atoms with E-state index in [-0.39, 0.29) is 13.4 Å². The molecule has 0 bridgehead atoms. The Kier molecular flexibility index (Phi) is 5.58. The number of fused-ring (bicyclic) bond motifs is 1. The molecule has 2 aromatic rings. The summed E-state index contributed by atoms with van der Waals surface area (Å²) in [4.78, 5) is 23.9. The minimum atomic E-state index is -0.576. The number of carbonyl (C=O) groups is 2. The number of rotatable bonds is 7. The first-order valence-corrected chi connectivity index (χ1v) is 8.25. The van der Waals surface area contributed by atoms with Crippen LogP contribution in [0.2, 0.25) is 0 Å². The molecule has 0 saturated heterocycles. The van der Waals surface area contributed by atoms with Crippen LogP contribution in [0.25, 0.3) is 0 Å². The van der Waals surface area contributed by atoms with Crippen LogP contribution in [0.15, 0.2) is 42.5 Å². The Morgan fingerprint density at radius 1 is 1.08 bits per heavy atom. The molecule has 0 unspecified atom stereocenters. The number of hydrogen-bond donors (Lipinski definition) is 1. The van der Waals surface area contributed by atoms with Gasteiger partial charge >= 0.3 is 5.97 Å². The Labute approximate surface area is 150 Å². The number of anilines is 1. The lowest BCUT2D eigenvalue weighted by Gasteiger charge is -2.08. The highest BCUT2D eigenvalue weighted by atomic mass is 16.7. The van der Waals surface area contributed by atoms with Gasteiger partial charge in [0.1, 0.15) is 5.75 Å². The van der Waals surface area contributed by atoms with Gasteiger partial charge in [-0.15, -0.1) is 0 Å². The number of ether oxygens (including phenoxy) is 4. The van der Waals surface area contributed by atoms with Crippen LogP contribution in [0.3, 0.4) is 0 Å². The van der Waals surface area contributed by atoms with Gasteiger partial charge in [-0.3, -0.25) is 4.79 Å². The van der Waals surface area contributed by atoms with Gasteiger partial charge in [-0.05, 0) is 42.8 Å². The molecule has 26 heavy (non-hydrogen) atoms. The summed E-state index contributed by atoms with van der Waals surface area (Å²) in [6, 6.07) is 11.6. The van der Waals surface area contributed by atoms with Gasteiger partial charge in [0, 0.05) is 11.8 Å². The summed E-state index contributed by atoms with van der Waals surface area (Å²) in [6.45, 7) is 2.40. The zero-order chi connectivity index (χ0) is 18.4. The Hall–Kier alpha value is -3.22. The molecule has 1 aliphatic rings. The molecule has 0 radical (unpaired) electrons. The van der Waals surface area contributed by atoms with Crippen molar-refractivity contribution >= 4 is 17.6 Å². The predicted molar refractivity (Wildman–Crippen MR) is 93.7 cm³/mol. The average molecular weight is 357 g/mol. The lowest BCUT2D eigenvalue weighted by atomic mass is 10.2. The number of hydrogen-bond acceptors (Lipinski definition) is 6. The fourth-order valence-corrected chi connectivity index (χ4v) is 2.29. The maximum absolute atomic E-state index is 12.0. The van der Waals surface area contributed by atoms with E-state index in [1.807, 2.05) is 6.92 Å². The standard InChI is InChI=1S/C19H19NO6/c1-2-9-23-15-6-3-13(4-7-15)19(22)24-11-18(21)20-14-5-8-16-17(10-14)26-12-25-16/h3-8,10H,2,9,11-12H2,1H3,(H,20,21). The molecule has 1 N–H and O–H groups in total. The first-order valence-electron chi connectivity index (χ1n) is 8.25. The molecule has 1 aliphatic heterocycles. The van der Waals surface area contributed by atoms with E-state index in [1.165, 1.54) is 0 Å². The van der Waals surface area contributed by atoms with E-state index < -0.39 is 11.9 Å². The average Bonchev–Trinajstić information content (AvgIpc) is 3.12. The van der Waals surface area contributed by atoms with Gasteiger partial charge in [0.2, 0.25) is 6.79 Å². The van der Waals surface area contributed by atoms with E-state index in [0.717, 1.165) is 6.42 Å². The number of carbonyl (C=O) groups excluding carboxylic acids is 2. The highest BCUT2D eigenvalue weighted by Crippen LogP contribution is 2.34. The maximum Gasteiger partial charge on any atom is 0.338 e. The van der Waals surface area contributed by atoms with Gasteiger partial charge in [0.25, 0.3) is 5.91 Å². The van der Waals surface area contributed by atoms with Crippen molar-refractivity contribution in [1.29, 1.82) is 0 Å². The van der Waals surface area contributed by atoms with Crippen molar-refractivity contribution in [3.8, 4) is 17.2 Å². The predicted octanol–water partition coefficient (Wildman–Crippen LogP) is 3.00. The lowest BCUT2D eigenvalue weighted by molar-refractivity contribution is -0.119. The summed E-state index contributed by atoms with van der Waals surface area (Å²) in [5.74, 6) is 0.850. The highest BCUT2D eigenvalue weighted by molar-refractivity contribution is 5.95. The zero-order valence-corrected chi connectivity index (χ0v) is 14.3. The van der Waals surface area contributed by atoms with E-state index in [0.29, 0.717) is 35.1 Å². The van der Waals surface area contributed by atoms with Crippen molar-refractivity contribution in [3.05, 3.63) is 48.0 Å². The molecule has 0 aromatic heterocycles. The molecule has 0 saturated carbocycles. The molecular weight excluding hydrogens is 338 g/mol. The number of amides is 1. The van der Waals surface area contributed by atoms with Gasteiger partial charge in [0.05, 0.1) is 12.2 Å². The van der Waals surface area contributed by atoms with E-state index in [1.54, 1.807) is 42.5 Å². The number of benzene rings is 2. The fourth-order valence-electron chi connectivity index (χ4n) is 2.29. The van der Waals surface area contributed by atoms with Crippen molar-refractivity contribution in [3.63, 3.8) is 0 Å². The third-order valence-electron chi connectivity index (χ3n) is 3.55. The van der Waals surface area contributed by atoms with Crippen LogP contribution in [-0.4, -0.2) is 31.9 Å². The lowest BCUT2D eigenvalue weighted by Crippen LogP contribution is -2.20. The Balaban J connectivity index is 1.48. The number of nitrogens with one attached hydrogen (secondary N) is 1. The van der Waals surface area contributed by atoms with Gasteiger partial charge in [-0.2, -0.15) is 0 Å². The minimum absolute atomic E-state index is 0.159. The normalized spacial score (nSPS) is 11.7. The topological polar surface area (TPSA) is 83.1 Å². The summed E-state index contributed by atoms with van der Waals surface area (Å²) in [7, 11) is 0. The zero-order valence-electron chi connectivity index (χ0n) is 14.3. The Morgan fingerprint density at radius 3 is 2.62 bits per heavy atom. The molecule has 0 atom stereocenters. The molecule has 3 rings (SSSR count). The summed E-state index contributed by atoms with van der Waals surface area (Å²) in [5.41, 5.74) is 0.887. The molecule has 2 aromatic carbocycles. The van der Waals surface area contributed by atoms with Crippen LogP contribution < -0.4 is 19.5 Å². The minimum Gasteiger partial charge on any atom is -0.494 e. The SMILES string of the molecule is CCCOc1ccc(C(=O)OCC(=O)Nc2ccc3c(c2)OCO3)cc1. The third kappa shape index (κ3) is 4.44. The summed E-state index contributed by atoms with van der Waals surface area (Å²) >= 11 is 0. The van der Waals surface area contributed by atoms with Crippen molar-refractivity contribution in [1.82, 2.24) is 0 Å². The van der Waals surface area contributed by atoms with Crippen molar-refractivity contribution in [2.45, 2.75) is 13.3 Å². The Morgan fingerprint density at radius 2 is 1.85 bits per heavy atom. The molecule has 136 valence electrons. The molecule has 0 aliphatic carbocycles. The van der Waals surface area contributed by atoms with Crippen LogP contribution in [0.1, 0.15) is 23.7 Å².